The molecule has 0 aromatic heterocycles. The fraction of sp³-hybridized carbons (Fsp3) is 0.375. The quantitative estimate of drug-likeness (QED) is 0.542. The zero-order valence-corrected chi connectivity index (χ0v) is 11.2. The molecular formula is C16H24. The summed E-state index contributed by atoms with van der Waals surface area (Å²) in [4.78, 5) is 0. The summed E-state index contributed by atoms with van der Waals surface area (Å²) >= 11 is 0. The highest BCUT2D eigenvalue weighted by atomic mass is 14.0. The second-order valence-corrected chi connectivity index (χ2v) is 4.00. The van der Waals surface area contributed by atoms with Gasteiger partial charge in [0, 0.05) is 0 Å². The summed E-state index contributed by atoms with van der Waals surface area (Å²) in [6, 6.07) is 0. The van der Waals surface area contributed by atoms with Gasteiger partial charge in [0.15, 0.2) is 0 Å². The summed E-state index contributed by atoms with van der Waals surface area (Å²) in [5.41, 5.74) is 4.10. The van der Waals surface area contributed by atoms with Crippen LogP contribution in [-0.2, 0) is 0 Å². The first-order valence-corrected chi connectivity index (χ1v) is 5.87. The molecule has 16 heavy (non-hydrogen) atoms. The highest BCUT2D eigenvalue weighted by molar-refractivity contribution is 5.27. The van der Waals surface area contributed by atoms with Crippen LogP contribution in [0.3, 0.4) is 0 Å². The zero-order valence-electron chi connectivity index (χ0n) is 11.2. The monoisotopic (exact) mass is 216 g/mol. The van der Waals surface area contributed by atoms with E-state index in [4.69, 9.17) is 0 Å². The molecule has 0 aliphatic heterocycles. The highest BCUT2D eigenvalue weighted by Gasteiger charge is 1.91. The molecule has 0 aliphatic rings. The summed E-state index contributed by atoms with van der Waals surface area (Å²) < 4.78 is 0. The standard InChI is InChI=1S/C16H24/c1-6-8-9-11-15(4)16(5)13-12-14(3)10-7-2/h6-12H,13H2,1-5H3/b8-6-,10-7-,11-9-,14-12-,16-15-. The van der Waals surface area contributed by atoms with Gasteiger partial charge in [0.2, 0.25) is 0 Å². The normalized spacial score (nSPS) is 15.4. The molecule has 88 valence electrons. The second kappa shape index (κ2) is 8.96. The summed E-state index contributed by atoms with van der Waals surface area (Å²) in [6.07, 6.45) is 15.8. The lowest BCUT2D eigenvalue weighted by Crippen LogP contribution is -1.80. The van der Waals surface area contributed by atoms with Crippen LogP contribution in [0.2, 0.25) is 0 Å². The van der Waals surface area contributed by atoms with E-state index < -0.39 is 0 Å². The van der Waals surface area contributed by atoms with E-state index >= 15 is 0 Å². The maximum absolute atomic E-state index is 2.27. The van der Waals surface area contributed by atoms with Crippen molar-refractivity contribution in [1.29, 1.82) is 0 Å². The number of rotatable bonds is 5. The summed E-state index contributed by atoms with van der Waals surface area (Å²) in [5.74, 6) is 0. The largest absolute Gasteiger partial charge is 0.0877 e. The van der Waals surface area contributed by atoms with Gasteiger partial charge in [-0.3, -0.25) is 0 Å². The molecule has 0 aromatic rings. The van der Waals surface area contributed by atoms with Gasteiger partial charge < -0.3 is 0 Å². The Balaban J connectivity index is 4.48. The van der Waals surface area contributed by atoms with Gasteiger partial charge in [-0.1, -0.05) is 59.3 Å². The van der Waals surface area contributed by atoms with Crippen LogP contribution in [0.5, 0.6) is 0 Å². The van der Waals surface area contributed by atoms with Crippen LogP contribution in [0.1, 0.15) is 41.0 Å². The van der Waals surface area contributed by atoms with Crippen LogP contribution in [-0.4, -0.2) is 0 Å². The van der Waals surface area contributed by atoms with E-state index in [1.54, 1.807) is 0 Å². The molecule has 0 bridgehead atoms. The molecule has 0 saturated carbocycles. The van der Waals surface area contributed by atoms with Crippen molar-refractivity contribution in [3.63, 3.8) is 0 Å². The Morgan fingerprint density at radius 3 is 2.12 bits per heavy atom. The maximum atomic E-state index is 2.27. The van der Waals surface area contributed by atoms with Gasteiger partial charge in [-0.2, -0.15) is 0 Å². The van der Waals surface area contributed by atoms with Crippen LogP contribution in [0.25, 0.3) is 0 Å². The molecule has 0 heteroatoms. The topological polar surface area (TPSA) is 0 Å². The van der Waals surface area contributed by atoms with Crippen LogP contribution < -0.4 is 0 Å². The van der Waals surface area contributed by atoms with Crippen LogP contribution >= 0.6 is 0 Å². The van der Waals surface area contributed by atoms with Gasteiger partial charge in [0.05, 0.1) is 0 Å². The van der Waals surface area contributed by atoms with E-state index in [1.165, 1.54) is 16.7 Å². The summed E-state index contributed by atoms with van der Waals surface area (Å²) in [7, 11) is 0. The first kappa shape index (κ1) is 14.7. The lowest BCUT2D eigenvalue weighted by Gasteiger charge is -2.01. The molecular weight excluding hydrogens is 192 g/mol. The number of hydrogen-bond donors (Lipinski definition) is 0. The Morgan fingerprint density at radius 2 is 1.56 bits per heavy atom. The molecule has 0 amide bonds. The van der Waals surface area contributed by atoms with E-state index in [2.05, 4.69) is 57.2 Å². The van der Waals surface area contributed by atoms with Crippen LogP contribution in [0.15, 0.2) is 59.3 Å². The van der Waals surface area contributed by atoms with Gasteiger partial charge in [-0.05, 0) is 41.0 Å². The van der Waals surface area contributed by atoms with Gasteiger partial charge in [0.25, 0.3) is 0 Å². The lowest BCUT2D eigenvalue weighted by molar-refractivity contribution is 1.15. The predicted molar refractivity (Wildman–Crippen MR) is 75.5 cm³/mol. The van der Waals surface area contributed by atoms with E-state index in [0.29, 0.717) is 0 Å². The third-order valence-electron chi connectivity index (χ3n) is 2.48. The average Bonchev–Trinajstić information content (AvgIpc) is 2.26. The Morgan fingerprint density at radius 1 is 0.875 bits per heavy atom. The predicted octanol–water partition coefficient (Wildman–Crippen LogP) is 5.37. The van der Waals surface area contributed by atoms with Gasteiger partial charge >= 0.3 is 0 Å². The van der Waals surface area contributed by atoms with Crippen LogP contribution in [0, 0.1) is 0 Å². The molecule has 0 rings (SSSR count). The molecule has 0 fully saturated rings. The minimum Gasteiger partial charge on any atom is -0.0877 e. The minimum atomic E-state index is 1.03. The van der Waals surface area contributed by atoms with Crippen molar-refractivity contribution >= 4 is 0 Å². The highest BCUT2D eigenvalue weighted by Crippen LogP contribution is 2.11. The minimum absolute atomic E-state index is 1.03. The third kappa shape index (κ3) is 7.05. The van der Waals surface area contributed by atoms with E-state index in [1.807, 2.05) is 19.9 Å². The van der Waals surface area contributed by atoms with Crippen molar-refractivity contribution in [3.05, 3.63) is 59.3 Å². The fourth-order valence-electron chi connectivity index (χ4n) is 1.26. The number of allylic oxidation sites excluding steroid dienone is 10. The molecule has 0 aliphatic carbocycles. The van der Waals surface area contributed by atoms with E-state index in [0.717, 1.165) is 6.42 Å². The first-order chi connectivity index (χ1) is 7.61. The lowest BCUT2D eigenvalue weighted by atomic mass is 10.1. The molecule has 0 nitrogen and oxygen atoms in total. The molecule has 0 unspecified atom stereocenters. The second-order valence-electron chi connectivity index (χ2n) is 4.00. The Bertz CT molecular complexity index is 333. The number of hydrogen-bond acceptors (Lipinski definition) is 0. The Kier molecular flexibility index (Phi) is 8.24. The first-order valence-electron chi connectivity index (χ1n) is 5.87. The van der Waals surface area contributed by atoms with Gasteiger partial charge in [0.1, 0.15) is 0 Å². The van der Waals surface area contributed by atoms with Crippen molar-refractivity contribution in [1.82, 2.24) is 0 Å². The van der Waals surface area contributed by atoms with Crippen molar-refractivity contribution < 1.29 is 0 Å². The Labute approximate surface area is 101 Å². The van der Waals surface area contributed by atoms with Crippen molar-refractivity contribution in [2.75, 3.05) is 0 Å². The molecule has 0 heterocycles. The smallest absolute Gasteiger partial charge is 0.0130 e. The van der Waals surface area contributed by atoms with Gasteiger partial charge in [-0.25, -0.2) is 0 Å². The maximum Gasteiger partial charge on any atom is -0.0130 e. The molecule has 0 N–H and O–H groups in total. The van der Waals surface area contributed by atoms with Crippen molar-refractivity contribution in [2.24, 2.45) is 0 Å². The zero-order chi connectivity index (χ0) is 12.4. The fourth-order valence-corrected chi connectivity index (χ4v) is 1.26. The summed E-state index contributed by atoms with van der Waals surface area (Å²) in [6.45, 7) is 10.6. The average molecular weight is 216 g/mol. The summed E-state index contributed by atoms with van der Waals surface area (Å²) in [5, 5.41) is 0. The van der Waals surface area contributed by atoms with Crippen molar-refractivity contribution in [2.45, 2.75) is 41.0 Å². The SMILES string of the molecule is C\C=C/C=C\C(C)=C(\C)C/C=C(C)\C=C/C. The van der Waals surface area contributed by atoms with E-state index in [-0.39, 0.29) is 0 Å². The van der Waals surface area contributed by atoms with Gasteiger partial charge in [-0.15, -0.1) is 0 Å². The van der Waals surface area contributed by atoms with Crippen molar-refractivity contribution in [3.8, 4) is 0 Å². The Hall–Kier alpha value is -1.30. The molecule has 0 spiro atoms. The third-order valence-corrected chi connectivity index (χ3v) is 2.48. The molecule has 0 atom stereocenters. The van der Waals surface area contributed by atoms with E-state index in [9.17, 15) is 0 Å². The molecule has 0 aromatic carbocycles. The molecule has 0 radical (unpaired) electrons. The van der Waals surface area contributed by atoms with Crippen LogP contribution in [0.4, 0.5) is 0 Å². The molecule has 0 saturated heterocycles.